The van der Waals surface area contributed by atoms with Crippen LogP contribution in [0.25, 0.3) is 22.4 Å². The Morgan fingerprint density at radius 2 is 1.61 bits per heavy atom. The van der Waals surface area contributed by atoms with Crippen LogP contribution in [-0.4, -0.2) is 21.5 Å². The van der Waals surface area contributed by atoms with Crippen molar-refractivity contribution in [1.82, 2.24) is 14.9 Å². The topological polar surface area (TPSA) is 46.9 Å². The van der Waals surface area contributed by atoms with Gasteiger partial charge in [-0.25, -0.2) is 4.98 Å². The molecule has 2 aliphatic rings. The predicted octanol–water partition coefficient (Wildman–Crippen LogP) is 8.05. The van der Waals surface area contributed by atoms with E-state index in [1.54, 1.807) is 0 Å². The van der Waals surface area contributed by atoms with Crippen molar-refractivity contribution in [2.24, 2.45) is 5.92 Å². The molecule has 2 aliphatic carbocycles. The molecule has 192 valence electrons. The first kappa shape index (κ1) is 25.3. The second-order valence-electron chi connectivity index (χ2n) is 10.7. The van der Waals surface area contributed by atoms with E-state index in [9.17, 15) is 4.79 Å². The van der Waals surface area contributed by atoms with Gasteiger partial charge >= 0.3 is 0 Å². The Hall–Kier alpha value is -2.33. The number of para-hydroxylation sites is 2. The second-order valence-corrected chi connectivity index (χ2v) is 11.1. The molecule has 1 atom stereocenters. The Morgan fingerprint density at radius 1 is 0.944 bits per heavy atom. The van der Waals surface area contributed by atoms with Crippen LogP contribution in [0.2, 0.25) is 5.02 Å². The molecule has 3 aromatic rings. The lowest BCUT2D eigenvalue weighted by Crippen LogP contribution is -2.43. The van der Waals surface area contributed by atoms with Gasteiger partial charge in [0.25, 0.3) is 0 Å². The Labute approximate surface area is 220 Å². The van der Waals surface area contributed by atoms with Gasteiger partial charge in [0.15, 0.2) is 0 Å². The van der Waals surface area contributed by atoms with Gasteiger partial charge in [0, 0.05) is 16.6 Å². The van der Waals surface area contributed by atoms with Crippen molar-refractivity contribution in [2.45, 2.75) is 103 Å². The zero-order valence-corrected chi connectivity index (χ0v) is 22.6. The highest BCUT2D eigenvalue weighted by atomic mass is 35.5. The summed E-state index contributed by atoms with van der Waals surface area (Å²) >= 11 is 6.64. The fraction of sp³-hybridized carbons (Fsp3) is 0.548. The van der Waals surface area contributed by atoms with Crippen LogP contribution >= 0.6 is 11.6 Å². The second kappa shape index (κ2) is 11.4. The molecular weight excluding hydrogens is 466 g/mol. The average Bonchev–Trinajstić information content (AvgIpc) is 3.28. The number of amides is 1. The third-order valence-corrected chi connectivity index (χ3v) is 8.87. The van der Waals surface area contributed by atoms with Crippen LogP contribution in [0.4, 0.5) is 0 Å². The van der Waals surface area contributed by atoms with Gasteiger partial charge in [0.2, 0.25) is 5.91 Å². The highest BCUT2D eigenvalue weighted by Crippen LogP contribution is 2.40. The van der Waals surface area contributed by atoms with Gasteiger partial charge < -0.3 is 9.88 Å². The molecule has 36 heavy (non-hydrogen) atoms. The minimum Gasteiger partial charge on any atom is -0.352 e. The Balaban J connectivity index is 1.68. The number of aromatic nitrogens is 2. The molecule has 5 rings (SSSR count). The summed E-state index contributed by atoms with van der Waals surface area (Å²) in [6.45, 7) is 4.35. The van der Waals surface area contributed by atoms with Gasteiger partial charge in [0.1, 0.15) is 11.9 Å². The van der Waals surface area contributed by atoms with Crippen molar-refractivity contribution in [3.63, 3.8) is 0 Å². The first-order chi connectivity index (χ1) is 17.6. The SMILES string of the molecule is CCc1c(Cl)ccc(-c2nc3ccccc3n2C(C(=O)NC2CCCCC2)C2CCCCC2)c1CC. The summed E-state index contributed by atoms with van der Waals surface area (Å²) in [6, 6.07) is 12.5. The normalized spacial score (nSPS) is 18.4. The molecule has 1 amide bonds. The maximum absolute atomic E-state index is 14.2. The molecule has 2 aromatic carbocycles. The first-order valence-electron chi connectivity index (χ1n) is 14.2. The van der Waals surface area contributed by atoms with Gasteiger partial charge in [-0.2, -0.15) is 0 Å². The van der Waals surface area contributed by atoms with Crippen LogP contribution < -0.4 is 5.32 Å². The third kappa shape index (κ3) is 4.94. The summed E-state index contributed by atoms with van der Waals surface area (Å²) < 4.78 is 2.30. The zero-order valence-electron chi connectivity index (χ0n) is 21.9. The molecule has 0 saturated heterocycles. The van der Waals surface area contributed by atoms with E-state index >= 15 is 0 Å². The number of carbonyl (C=O) groups excluding carboxylic acids is 1. The van der Waals surface area contributed by atoms with E-state index in [0.717, 1.165) is 66.0 Å². The average molecular weight is 506 g/mol. The van der Waals surface area contributed by atoms with Crippen LogP contribution in [-0.2, 0) is 17.6 Å². The number of hydrogen-bond acceptors (Lipinski definition) is 2. The van der Waals surface area contributed by atoms with Crippen LogP contribution in [0, 0.1) is 5.92 Å². The molecule has 2 fully saturated rings. The molecule has 1 heterocycles. The predicted molar refractivity (Wildman–Crippen MR) is 150 cm³/mol. The van der Waals surface area contributed by atoms with Crippen molar-refractivity contribution >= 4 is 28.5 Å². The molecule has 1 aromatic heterocycles. The number of nitrogens with one attached hydrogen (secondary N) is 1. The quantitative estimate of drug-likeness (QED) is 0.353. The standard InChI is InChI=1S/C31H40ClN3O/c1-3-23-24(4-2)26(32)20-19-25(23)30-34-27-17-11-12-18-28(27)35(30)29(21-13-7-5-8-14-21)31(36)33-22-15-9-6-10-16-22/h11-12,17-22,29H,3-10,13-16H2,1-2H3,(H,33,36). The first-order valence-corrected chi connectivity index (χ1v) is 14.6. The fourth-order valence-corrected chi connectivity index (χ4v) is 7.01. The van der Waals surface area contributed by atoms with Gasteiger partial charge in [-0.15, -0.1) is 0 Å². The van der Waals surface area contributed by atoms with Crippen LogP contribution in [0.1, 0.15) is 95.2 Å². The van der Waals surface area contributed by atoms with E-state index in [0.29, 0.717) is 12.0 Å². The summed E-state index contributed by atoms with van der Waals surface area (Å²) in [5, 5.41) is 4.32. The summed E-state index contributed by atoms with van der Waals surface area (Å²) in [4.78, 5) is 19.4. The van der Waals surface area contributed by atoms with Crippen molar-refractivity contribution in [3.8, 4) is 11.4 Å². The molecule has 5 heteroatoms. The summed E-state index contributed by atoms with van der Waals surface area (Å²) in [5.41, 5.74) is 5.56. The van der Waals surface area contributed by atoms with E-state index in [2.05, 4.69) is 48.0 Å². The van der Waals surface area contributed by atoms with E-state index in [-0.39, 0.29) is 11.9 Å². The van der Waals surface area contributed by atoms with E-state index in [1.165, 1.54) is 49.7 Å². The number of carbonyl (C=O) groups is 1. The van der Waals surface area contributed by atoms with E-state index in [1.807, 2.05) is 12.1 Å². The van der Waals surface area contributed by atoms with Gasteiger partial charge in [-0.05, 0) is 79.8 Å². The summed E-state index contributed by atoms with van der Waals surface area (Å²) in [7, 11) is 0. The number of rotatable bonds is 7. The lowest BCUT2D eigenvalue weighted by Gasteiger charge is -2.34. The smallest absolute Gasteiger partial charge is 0.243 e. The number of imidazole rings is 1. The molecule has 1 unspecified atom stereocenters. The van der Waals surface area contributed by atoms with Crippen LogP contribution in [0.3, 0.4) is 0 Å². The summed E-state index contributed by atoms with van der Waals surface area (Å²) in [5.74, 6) is 1.41. The number of halogens is 1. The lowest BCUT2D eigenvalue weighted by atomic mass is 9.82. The summed E-state index contributed by atoms with van der Waals surface area (Å²) in [6.07, 6.45) is 13.5. The molecule has 2 saturated carbocycles. The minimum absolute atomic E-state index is 0.181. The molecule has 0 bridgehead atoms. The number of benzene rings is 2. The molecule has 1 N–H and O–H groups in total. The molecular formula is C31H40ClN3O. The van der Waals surface area contributed by atoms with E-state index in [4.69, 9.17) is 16.6 Å². The van der Waals surface area contributed by atoms with Crippen LogP contribution in [0.15, 0.2) is 36.4 Å². The maximum Gasteiger partial charge on any atom is 0.243 e. The monoisotopic (exact) mass is 505 g/mol. The van der Waals surface area contributed by atoms with Crippen LogP contribution in [0.5, 0.6) is 0 Å². The van der Waals surface area contributed by atoms with Crippen molar-refractivity contribution in [1.29, 1.82) is 0 Å². The largest absolute Gasteiger partial charge is 0.352 e. The van der Waals surface area contributed by atoms with Gasteiger partial charge in [-0.3, -0.25) is 4.79 Å². The highest BCUT2D eigenvalue weighted by Gasteiger charge is 2.35. The maximum atomic E-state index is 14.2. The van der Waals surface area contributed by atoms with E-state index < -0.39 is 0 Å². The van der Waals surface area contributed by atoms with Crippen molar-refractivity contribution in [2.75, 3.05) is 0 Å². The van der Waals surface area contributed by atoms with Gasteiger partial charge in [-0.1, -0.05) is 76.1 Å². The van der Waals surface area contributed by atoms with Crippen molar-refractivity contribution < 1.29 is 4.79 Å². The molecule has 0 aliphatic heterocycles. The van der Waals surface area contributed by atoms with Crippen molar-refractivity contribution in [3.05, 3.63) is 52.5 Å². The number of hydrogen-bond donors (Lipinski definition) is 1. The Morgan fingerprint density at radius 3 is 2.31 bits per heavy atom. The fourth-order valence-electron chi connectivity index (χ4n) is 6.70. The lowest BCUT2D eigenvalue weighted by molar-refractivity contribution is -0.127. The Kier molecular flexibility index (Phi) is 8.00. The zero-order chi connectivity index (χ0) is 25.1. The third-order valence-electron chi connectivity index (χ3n) is 8.51. The number of nitrogens with zero attached hydrogens (tertiary/aromatic N) is 2. The highest BCUT2D eigenvalue weighted by molar-refractivity contribution is 6.31. The molecule has 0 spiro atoms. The molecule has 0 radical (unpaired) electrons. The van der Waals surface area contributed by atoms with Gasteiger partial charge in [0.05, 0.1) is 11.0 Å². The Bertz CT molecular complexity index is 1200. The molecule has 4 nitrogen and oxygen atoms in total. The minimum atomic E-state index is -0.250. The number of fused-ring (bicyclic) bond motifs is 1.